The van der Waals surface area contributed by atoms with Crippen LogP contribution in [0.1, 0.15) is 47.5 Å². The molecule has 23 heavy (non-hydrogen) atoms. The molecule has 0 N–H and O–H groups in total. The van der Waals surface area contributed by atoms with Crippen LogP contribution in [0, 0.1) is 13.8 Å². The third-order valence-corrected chi connectivity index (χ3v) is 6.06. The lowest BCUT2D eigenvalue weighted by atomic mass is 10.1. The molecule has 1 aromatic heterocycles. The van der Waals surface area contributed by atoms with Crippen LogP contribution in [-0.4, -0.2) is 64.6 Å². The molecule has 2 fully saturated rings. The largest absolute Gasteiger partial charge is 0.361 e. The van der Waals surface area contributed by atoms with Crippen LogP contribution < -0.4 is 0 Å². The van der Waals surface area contributed by atoms with E-state index in [1.54, 1.807) is 0 Å². The fraction of sp³-hybridized carbons (Fsp3) is 0.765. The van der Waals surface area contributed by atoms with Crippen molar-refractivity contribution in [3.8, 4) is 0 Å². The molecule has 0 saturated carbocycles. The first-order chi connectivity index (χ1) is 11.2. The molecule has 2 saturated heterocycles. The average molecular weight is 337 g/mol. The quantitative estimate of drug-likeness (QED) is 0.849. The van der Waals surface area contributed by atoms with Gasteiger partial charge in [0.15, 0.2) is 0 Å². The van der Waals surface area contributed by atoms with Crippen molar-refractivity contribution in [1.82, 2.24) is 15.0 Å². The molecule has 1 amide bonds. The van der Waals surface area contributed by atoms with Gasteiger partial charge in [-0.05, 0) is 52.0 Å². The van der Waals surface area contributed by atoms with E-state index >= 15 is 0 Å². The van der Waals surface area contributed by atoms with Crippen LogP contribution in [-0.2, 0) is 0 Å². The molecular formula is C17H27N3O2S. The third-order valence-electron chi connectivity index (χ3n) is 4.86. The van der Waals surface area contributed by atoms with Crippen molar-refractivity contribution < 1.29 is 9.32 Å². The van der Waals surface area contributed by atoms with Crippen molar-refractivity contribution >= 4 is 17.7 Å². The number of carbonyl (C=O) groups excluding carboxylic acids is 1. The van der Waals surface area contributed by atoms with Crippen LogP contribution in [0.25, 0.3) is 0 Å². The second-order valence-electron chi connectivity index (χ2n) is 6.64. The third kappa shape index (κ3) is 3.91. The first kappa shape index (κ1) is 16.8. The number of hydrogen-bond donors (Lipinski definition) is 0. The van der Waals surface area contributed by atoms with E-state index in [9.17, 15) is 4.79 Å². The van der Waals surface area contributed by atoms with E-state index in [0.29, 0.717) is 23.1 Å². The highest BCUT2D eigenvalue weighted by Crippen LogP contribution is 2.23. The predicted molar refractivity (Wildman–Crippen MR) is 93.0 cm³/mol. The highest BCUT2D eigenvalue weighted by atomic mass is 32.2. The summed E-state index contributed by atoms with van der Waals surface area (Å²) in [5, 5.41) is 3.96. The number of aromatic nitrogens is 1. The average Bonchev–Trinajstić information content (AvgIpc) is 2.75. The van der Waals surface area contributed by atoms with Gasteiger partial charge in [0.05, 0.1) is 11.7 Å². The van der Waals surface area contributed by atoms with Gasteiger partial charge < -0.3 is 14.3 Å². The van der Waals surface area contributed by atoms with E-state index in [1.165, 1.54) is 32.4 Å². The zero-order chi connectivity index (χ0) is 16.2. The highest BCUT2D eigenvalue weighted by molar-refractivity contribution is 7.99. The monoisotopic (exact) mass is 337 g/mol. The van der Waals surface area contributed by atoms with Gasteiger partial charge in [-0.3, -0.25) is 4.79 Å². The molecule has 0 aromatic carbocycles. The van der Waals surface area contributed by atoms with E-state index < -0.39 is 0 Å². The molecule has 0 spiro atoms. The summed E-state index contributed by atoms with van der Waals surface area (Å²) in [5.41, 5.74) is 1.38. The van der Waals surface area contributed by atoms with Crippen LogP contribution in [0.3, 0.4) is 0 Å². The molecule has 3 rings (SSSR count). The maximum atomic E-state index is 13.1. The van der Waals surface area contributed by atoms with Gasteiger partial charge in [0.1, 0.15) is 11.3 Å². The molecule has 3 heterocycles. The van der Waals surface area contributed by atoms with E-state index in [2.05, 4.69) is 15.0 Å². The molecule has 6 heteroatoms. The summed E-state index contributed by atoms with van der Waals surface area (Å²) in [6, 6.07) is 0.293. The predicted octanol–water partition coefficient (Wildman–Crippen LogP) is 2.73. The van der Waals surface area contributed by atoms with Gasteiger partial charge in [-0.1, -0.05) is 11.6 Å². The summed E-state index contributed by atoms with van der Waals surface area (Å²) in [6.07, 6.45) is 4.99. The minimum Gasteiger partial charge on any atom is -0.361 e. The van der Waals surface area contributed by atoms with E-state index in [-0.39, 0.29) is 5.91 Å². The van der Waals surface area contributed by atoms with Gasteiger partial charge in [0.2, 0.25) is 0 Å². The number of amides is 1. The molecular weight excluding hydrogens is 310 g/mol. The van der Waals surface area contributed by atoms with Crippen LogP contribution in [0.4, 0.5) is 0 Å². The van der Waals surface area contributed by atoms with Gasteiger partial charge in [-0.25, -0.2) is 0 Å². The molecule has 5 nitrogen and oxygen atoms in total. The summed E-state index contributed by atoms with van der Waals surface area (Å²) < 4.78 is 5.21. The summed E-state index contributed by atoms with van der Waals surface area (Å²) >= 11 is 1.98. The fourth-order valence-corrected chi connectivity index (χ4v) is 4.68. The molecule has 0 radical (unpaired) electrons. The SMILES string of the molecule is Cc1noc(C)c1C(=O)N1CCCSCC1CN1CCCCC1. The van der Waals surface area contributed by atoms with Gasteiger partial charge in [0, 0.05) is 18.8 Å². The first-order valence-corrected chi connectivity index (χ1v) is 9.86. The Morgan fingerprint density at radius 3 is 2.70 bits per heavy atom. The topological polar surface area (TPSA) is 49.6 Å². The van der Waals surface area contributed by atoms with E-state index in [1.807, 2.05) is 25.6 Å². The Kier molecular flexibility index (Phi) is 5.64. The normalized spacial score (nSPS) is 23.7. The van der Waals surface area contributed by atoms with Crippen LogP contribution in [0.5, 0.6) is 0 Å². The maximum absolute atomic E-state index is 13.1. The van der Waals surface area contributed by atoms with Gasteiger partial charge in [-0.15, -0.1) is 0 Å². The van der Waals surface area contributed by atoms with Gasteiger partial charge in [0.25, 0.3) is 5.91 Å². The summed E-state index contributed by atoms with van der Waals surface area (Å²) in [4.78, 5) is 17.7. The van der Waals surface area contributed by atoms with Gasteiger partial charge >= 0.3 is 0 Å². The lowest BCUT2D eigenvalue weighted by Gasteiger charge is -2.35. The molecule has 2 aliphatic heterocycles. The number of hydrogen-bond acceptors (Lipinski definition) is 5. The lowest BCUT2D eigenvalue weighted by Crippen LogP contribution is -2.49. The standard InChI is InChI=1S/C17H27N3O2S/c1-13-16(14(2)22-18-13)17(21)20-9-6-10-23-12-15(20)11-19-7-4-3-5-8-19/h15H,3-12H2,1-2H3. The molecule has 1 aromatic rings. The van der Waals surface area contributed by atoms with Crippen LogP contribution in [0.15, 0.2) is 4.52 Å². The summed E-state index contributed by atoms with van der Waals surface area (Å²) in [7, 11) is 0. The minimum atomic E-state index is 0.103. The number of carbonyl (C=O) groups is 1. The minimum absolute atomic E-state index is 0.103. The van der Waals surface area contributed by atoms with Crippen molar-refractivity contribution in [3.63, 3.8) is 0 Å². The lowest BCUT2D eigenvalue weighted by molar-refractivity contribution is 0.0643. The number of piperidine rings is 1. The number of rotatable bonds is 3. The second-order valence-corrected chi connectivity index (χ2v) is 7.79. The summed E-state index contributed by atoms with van der Waals surface area (Å²) in [5.74, 6) is 2.92. The Bertz CT molecular complexity index is 520. The zero-order valence-corrected chi connectivity index (χ0v) is 15.0. The molecule has 0 bridgehead atoms. The van der Waals surface area contributed by atoms with Gasteiger partial charge in [-0.2, -0.15) is 11.8 Å². The zero-order valence-electron chi connectivity index (χ0n) is 14.2. The Morgan fingerprint density at radius 2 is 2.00 bits per heavy atom. The maximum Gasteiger partial charge on any atom is 0.259 e. The molecule has 128 valence electrons. The van der Waals surface area contributed by atoms with Crippen LogP contribution in [0.2, 0.25) is 0 Å². The highest BCUT2D eigenvalue weighted by Gasteiger charge is 2.31. The molecule has 2 aliphatic rings. The number of aryl methyl sites for hydroxylation is 2. The number of likely N-dealkylation sites (tertiary alicyclic amines) is 1. The second kappa shape index (κ2) is 7.71. The summed E-state index contributed by atoms with van der Waals surface area (Å²) in [6.45, 7) is 7.88. The number of nitrogens with zero attached hydrogens (tertiary/aromatic N) is 3. The molecule has 0 aliphatic carbocycles. The van der Waals surface area contributed by atoms with Crippen molar-refractivity contribution in [1.29, 1.82) is 0 Å². The Morgan fingerprint density at radius 1 is 1.22 bits per heavy atom. The Hall–Kier alpha value is -1.01. The fourth-order valence-electron chi connectivity index (χ4n) is 3.62. The van der Waals surface area contributed by atoms with E-state index in [0.717, 1.165) is 31.0 Å². The van der Waals surface area contributed by atoms with Crippen molar-refractivity contribution in [3.05, 3.63) is 17.0 Å². The Balaban J connectivity index is 1.76. The molecule has 1 atom stereocenters. The van der Waals surface area contributed by atoms with Crippen LogP contribution >= 0.6 is 11.8 Å². The van der Waals surface area contributed by atoms with Crippen molar-refractivity contribution in [2.75, 3.05) is 37.7 Å². The first-order valence-electron chi connectivity index (χ1n) is 8.70. The van der Waals surface area contributed by atoms with Crippen molar-refractivity contribution in [2.24, 2.45) is 0 Å². The Labute approximate surface area is 142 Å². The smallest absolute Gasteiger partial charge is 0.259 e. The molecule has 1 unspecified atom stereocenters. The van der Waals surface area contributed by atoms with E-state index in [4.69, 9.17) is 4.52 Å². The van der Waals surface area contributed by atoms with Crippen molar-refractivity contribution in [2.45, 2.75) is 45.6 Å². The number of thioether (sulfide) groups is 1.